The molecule has 2 aromatic rings. The van der Waals surface area contributed by atoms with E-state index in [1.54, 1.807) is 0 Å². The highest BCUT2D eigenvalue weighted by Crippen LogP contribution is 2.37. The van der Waals surface area contributed by atoms with E-state index in [1.165, 1.54) is 42.6 Å². The van der Waals surface area contributed by atoms with Gasteiger partial charge in [0, 0.05) is 12.1 Å². The standard InChI is InChI=1S/C15H21N5/c1-3-13-12-8-9-19-10(2)16-17-15(19)14(12)20(18-13)11-6-4-5-7-11/h11H,3-9H2,1-2H3. The fraction of sp³-hybridized carbons (Fsp3) is 0.667. The van der Waals surface area contributed by atoms with Crippen molar-refractivity contribution in [1.82, 2.24) is 24.5 Å². The van der Waals surface area contributed by atoms with Gasteiger partial charge in [-0.2, -0.15) is 5.10 Å². The maximum Gasteiger partial charge on any atom is 0.182 e. The van der Waals surface area contributed by atoms with Gasteiger partial charge < -0.3 is 4.57 Å². The Hall–Kier alpha value is -1.65. The second-order valence-corrected chi connectivity index (χ2v) is 5.98. The van der Waals surface area contributed by atoms with Crippen LogP contribution >= 0.6 is 0 Å². The molecule has 0 amide bonds. The van der Waals surface area contributed by atoms with Crippen molar-refractivity contribution in [3.8, 4) is 11.5 Å². The highest BCUT2D eigenvalue weighted by molar-refractivity contribution is 5.60. The fourth-order valence-corrected chi connectivity index (χ4v) is 3.76. The normalized spacial score (nSPS) is 18.3. The molecule has 1 saturated carbocycles. The summed E-state index contributed by atoms with van der Waals surface area (Å²) < 4.78 is 4.52. The molecular weight excluding hydrogens is 250 g/mol. The monoisotopic (exact) mass is 271 g/mol. The number of aromatic nitrogens is 5. The number of hydrogen-bond donors (Lipinski definition) is 0. The maximum absolute atomic E-state index is 4.94. The van der Waals surface area contributed by atoms with Crippen molar-refractivity contribution in [2.45, 2.75) is 65.0 Å². The van der Waals surface area contributed by atoms with Gasteiger partial charge in [-0.25, -0.2) is 0 Å². The molecule has 1 fully saturated rings. The Balaban J connectivity index is 1.92. The van der Waals surface area contributed by atoms with Crippen LogP contribution in [0.5, 0.6) is 0 Å². The summed E-state index contributed by atoms with van der Waals surface area (Å²) in [4.78, 5) is 0. The highest BCUT2D eigenvalue weighted by Gasteiger charge is 2.31. The second kappa shape index (κ2) is 4.43. The first-order valence-corrected chi connectivity index (χ1v) is 7.80. The van der Waals surface area contributed by atoms with Gasteiger partial charge in [-0.15, -0.1) is 10.2 Å². The lowest BCUT2D eigenvalue weighted by atomic mass is 10.0. The van der Waals surface area contributed by atoms with Crippen molar-refractivity contribution in [2.75, 3.05) is 0 Å². The largest absolute Gasteiger partial charge is 0.310 e. The van der Waals surface area contributed by atoms with Crippen LogP contribution in [0.15, 0.2) is 0 Å². The average molecular weight is 271 g/mol. The lowest BCUT2D eigenvalue weighted by Crippen LogP contribution is -2.16. The summed E-state index contributed by atoms with van der Waals surface area (Å²) in [7, 11) is 0. The Bertz CT molecular complexity index is 646. The molecule has 0 radical (unpaired) electrons. The molecule has 0 bridgehead atoms. The van der Waals surface area contributed by atoms with Crippen LogP contribution in [0.25, 0.3) is 11.5 Å². The van der Waals surface area contributed by atoms with E-state index in [9.17, 15) is 0 Å². The van der Waals surface area contributed by atoms with E-state index in [0.717, 1.165) is 31.0 Å². The molecule has 0 unspecified atom stereocenters. The van der Waals surface area contributed by atoms with E-state index in [2.05, 4.69) is 26.4 Å². The zero-order valence-electron chi connectivity index (χ0n) is 12.3. The van der Waals surface area contributed by atoms with Crippen LogP contribution < -0.4 is 0 Å². The number of hydrogen-bond acceptors (Lipinski definition) is 3. The molecule has 0 N–H and O–H groups in total. The predicted molar refractivity (Wildman–Crippen MR) is 76.6 cm³/mol. The summed E-state index contributed by atoms with van der Waals surface area (Å²) in [5, 5.41) is 13.6. The van der Waals surface area contributed by atoms with E-state index in [0.29, 0.717) is 6.04 Å². The number of rotatable bonds is 2. The Labute approximate surface area is 119 Å². The van der Waals surface area contributed by atoms with Gasteiger partial charge in [-0.3, -0.25) is 4.68 Å². The smallest absolute Gasteiger partial charge is 0.182 e. The van der Waals surface area contributed by atoms with Crippen molar-refractivity contribution in [3.63, 3.8) is 0 Å². The summed E-state index contributed by atoms with van der Waals surface area (Å²) in [5.74, 6) is 2.05. The minimum Gasteiger partial charge on any atom is -0.310 e. The molecule has 4 rings (SSSR count). The molecule has 1 aliphatic carbocycles. The average Bonchev–Trinajstić information content (AvgIpc) is 3.15. The van der Waals surface area contributed by atoms with Gasteiger partial charge in [0.2, 0.25) is 0 Å². The minimum absolute atomic E-state index is 0.563. The molecule has 5 heteroatoms. The Morgan fingerprint density at radius 3 is 2.75 bits per heavy atom. The first-order valence-electron chi connectivity index (χ1n) is 7.80. The third-order valence-corrected chi connectivity index (χ3v) is 4.83. The van der Waals surface area contributed by atoms with Gasteiger partial charge in [0.25, 0.3) is 0 Å². The molecule has 0 spiro atoms. The molecule has 0 atom stereocenters. The SMILES string of the molecule is CCc1nn(C2CCCC2)c2c1CCn1c(C)nnc1-2. The minimum atomic E-state index is 0.563. The first kappa shape index (κ1) is 12.1. The lowest BCUT2D eigenvalue weighted by Gasteiger charge is -2.19. The second-order valence-electron chi connectivity index (χ2n) is 5.98. The molecule has 1 aliphatic heterocycles. The molecule has 5 nitrogen and oxygen atoms in total. The van der Waals surface area contributed by atoms with Gasteiger partial charge in [-0.1, -0.05) is 19.8 Å². The predicted octanol–water partition coefficient (Wildman–Crippen LogP) is 2.68. The van der Waals surface area contributed by atoms with Crippen molar-refractivity contribution in [3.05, 3.63) is 17.1 Å². The molecule has 2 aliphatic rings. The molecule has 3 heterocycles. The first-order chi connectivity index (χ1) is 9.79. The topological polar surface area (TPSA) is 48.5 Å². The van der Waals surface area contributed by atoms with E-state index in [-0.39, 0.29) is 0 Å². The molecule has 0 aromatic carbocycles. The summed E-state index contributed by atoms with van der Waals surface area (Å²) >= 11 is 0. The van der Waals surface area contributed by atoms with Gasteiger partial charge in [0.15, 0.2) is 5.82 Å². The van der Waals surface area contributed by atoms with Crippen LogP contribution in [0.2, 0.25) is 0 Å². The summed E-state index contributed by atoms with van der Waals surface area (Å²) in [6.07, 6.45) is 7.24. The van der Waals surface area contributed by atoms with Crippen molar-refractivity contribution in [2.24, 2.45) is 0 Å². The van der Waals surface area contributed by atoms with Crippen LogP contribution in [0.4, 0.5) is 0 Å². The molecule has 106 valence electrons. The van der Waals surface area contributed by atoms with Crippen LogP contribution in [0.1, 0.15) is 55.7 Å². The molecular formula is C15H21N5. The van der Waals surface area contributed by atoms with Crippen LogP contribution in [0, 0.1) is 6.92 Å². The molecule has 2 aromatic heterocycles. The summed E-state index contributed by atoms with van der Waals surface area (Å²) in [6, 6.07) is 0.563. The number of fused-ring (bicyclic) bond motifs is 3. The number of aryl methyl sites for hydroxylation is 2. The maximum atomic E-state index is 4.94. The van der Waals surface area contributed by atoms with Crippen molar-refractivity contribution in [1.29, 1.82) is 0 Å². The molecule has 20 heavy (non-hydrogen) atoms. The zero-order valence-corrected chi connectivity index (χ0v) is 12.3. The summed E-state index contributed by atoms with van der Waals surface area (Å²) in [6.45, 7) is 5.23. The van der Waals surface area contributed by atoms with E-state index in [4.69, 9.17) is 5.10 Å². The Morgan fingerprint density at radius 2 is 2.00 bits per heavy atom. The highest BCUT2D eigenvalue weighted by atomic mass is 15.4. The lowest BCUT2D eigenvalue weighted by molar-refractivity contribution is 0.464. The zero-order chi connectivity index (χ0) is 13.7. The van der Waals surface area contributed by atoms with E-state index in [1.807, 2.05) is 6.92 Å². The van der Waals surface area contributed by atoms with Gasteiger partial charge >= 0.3 is 0 Å². The van der Waals surface area contributed by atoms with E-state index >= 15 is 0 Å². The van der Waals surface area contributed by atoms with Gasteiger partial charge in [0.1, 0.15) is 11.5 Å². The van der Waals surface area contributed by atoms with Crippen LogP contribution in [-0.2, 0) is 19.4 Å². The van der Waals surface area contributed by atoms with Crippen molar-refractivity contribution < 1.29 is 0 Å². The fourth-order valence-electron chi connectivity index (χ4n) is 3.76. The van der Waals surface area contributed by atoms with Gasteiger partial charge in [-0.05, 0) is 32.6 Å². The molecule has 0 saturated heterocycles. The third-order valence-electron chi connectivity index (χ3n) is 4.83. The quantitative estimate of drug-likeness (QED) is 0.843. The van der Waals surface area contributed by atoms with Crippen LogP contribution in [-0.4, -0.2) is 24.5 Å². The van der Waals surface area contributed by atoms with Gasteiger partial charge in [0.05, 0.1) is 11.7 Å². The number of nitrogens with zero attached hydrogens (tertiary/aromatic N) is 5. The Morgan fingerprint density at radius 1 is 1.20 bits per heavy atom. The van der Waals surface area contributed by atoms with E-state index < -0.39 is 0 Å². The van der Waals surface area contributed by atoms with Crippen LogP contribution in [0.3, 0.4) is 0 Å². The van der Waals surface area contributed by atoms with Crippen molar-refractivity contribution >= 4 is 0 Å². The third kappa shape index (κ3) is 1.58. The summed E-state index contributed by atoms with van der Waals surface area (Å²) in [5.41, 5.74) is 3.93. The Kier molecular flexibility index (Phi) is 2.69.